The highest BCUT2D eigenvalue weighted by atomic mass is 19.1. The summed E-state index contributed by atoms with van der Waals surface area (Å²) in [5.74, 6) is 1.43. The average molecular weight is 409 g/mol. The van der Waals surface area contributed by atoms with E-state index in [4.69, 9.17) is 9.82 Å². The van der Waals surface area contributed by atoms with Gasteiger partial charge in [0.15, 0.2) is 0 Å². The van der Waals surface area contributed by atoms with Gasteiger partial charge in [0, 0.05) is 50.7 Å². The second-order valence-electron chi connectivity index (χ2n) is 7.64. The summed E-state index contributed by atoms with van der Waals surface area (Å²) in [6.45, 7) is 5.80. The van der Waals surface area contributed by atoms with E-state index in [1.54, 1.807) is 12.1 Å². The van der Waals surface area contributed by atoms with Crippen LogP contribution in [0.5, 0.6) is 5.75 Å². The first-order valence-electron chi connectivity index (χ1n) is 10.8. The largest absolute Gasteiger partial charge is 0.406 e. The van der Waals surface area contributed by atoms with E-state index in [0.717, 1.165) is 50.6 Å². The number of rotatable bonds is 3. The minimum atomic E-state index is -0.266. The second kappa shape index (κ2) is 10.4. The third kappa shape index (κ3) is 5.68. The second-order valence-corrected chi connectivity index (χ2v) is 7.64. The Labute approximate surface area is 177 Å². The van der Waals surface area contributed by atoms with Crippen LogP contribution in [-0.2, 0) is 0 Å². The van der Waals surface area contributed by atoms with Crippen molar-refractivity contribution in [2.75, 3.05) is 44.2 Å². The number of pyridine rings is 1. The molecule has 5 rings (SSSR count). The van der Waals surface area contributed by atoms with Gasteiger partial charge in [0.1, 0.15) is 17.4 Å². The normalized spacial score (nSPS) is 17.3. The Hall–Kier alpha value is -2.70. The van der Waals surface area contributed by atoms with Crippen molar-refractivity contribution in [2.24, 2.45) is 0 Å². The molecule has 0 saturated carbocycles. The fourth-order valence-electron chi connectivity index (χ4n) is 3.76. The smallest absolute Gasteiger partial charge is 0.150 e. The molecule has 2 aromatic carbocycles. The van der Waals surface area contributed by atoms with E-state index in [0.29, 0.717) is 5.75 Å². The highest BCUT2D eigenvalue weighted by Gasteiger charge is 2.12. The molecule has 0 amide bonds. The Kier molecular flexibility index (Phi) is 7.11. The summed E-state index contributed by atoms with van der Waals surface area (Å²) in [6, 6.07) is 18.8. The lowest BCUT2D eigenvalue weighted by Crippen LogP contribution is -2.45. The fourth-order valence-corrected chi connectivity index (χ4v) is 3.76. The lowest BCUT2D eigenvalue weighted by atomic mass is 10.1. The molecular formula is C24H29FN4O. The van der Waals surface area contributed by atoms with Gasteiger partial charge in [-0.2, -0.15) is 0 Å². The fraction of sp³-hybridized carbons (Fsp3) is 0.375. The third-order valence-corrected chi connectivity index (χ3v) is 5.37. The molecular weight excluding hydrogens is 379 g/mol. The molecule has 1 aromatic heterocycles. The Balaban J connectivity index is 0.000000147. The highest BCUT2D eigenvalue weighted by molar-refractivity contribution is 5.80. The van der Waals surface area contributed by atoms with Gasteiger partial charge in [-0.1, -0.05) is 24.3 Å². The SMILES string of the molecule is Fc1cccc(ON2CCNCC2)c1.c1ccc2nc(N3CCCCC3)ccc2c1. The molecule has 2 fully saturated rings. The number of piperazine rings is 1. The molecule has 0 unspecified atom stereocenters. The zero-order valence-electron chi connectivity index (χ0n) is 17.3. The Morgan fingerprint density at radius 2 is 1.63 bits per heavy atom. The number of hydroxylamine groups is 2. The molecule has 0 radical (unpaired) electrons. The maximum atomic E-state index is 12.8. The zero-order chi connectivity index (χ0) is 20.6. The Morgan fingerprint density at radius 1 is 0.833 bits per heavy atom. The number of halogens is 1. The van der Waals surface area contributed by atoms with Gasteiger partial charge in [-0.3, -0.25) is 0 Å². The zero-order valence-corrected chi connectivity index (χ0v) is 17.3. The molecule has 158 valence electrons. The number of fused-ring (bicyclic) bond motifs is 1. The number of anilines is 1. The molecule has 0 bridgehead atoms. The summed E-state index contributed by atoms with van der Waals surface area (Å²) >= 11 is 0. The minimum absolute atomic E-state index is 0.266. The maximum absolute atomic E-state index is 12.8. The Morgan fingerprint density at radius 3 is 2.43 bits per heavy atom. The van der Waals surface area contributed by atoms with E-state index < -0.39 is 0 Å². The van der Waals surface area contributed by atoms with Crippen LogP contribution in [0.25, 0.3) is 10.9 Å². The highest BCUT2D eigenvalue weighted by Crippen LogP contribution is 2.21. The Bertz CT molecular complexity index is 939. The molecule has 5 nitrogen and oxygen atoms in total. The number of benzene rings is 2. The van der Waals surface area contributed by atoms with Crippen LogP contribution in [-0.4, -0.2) is 49.3 Å². The van der Waals surface area contributed by atoms with E-state index in [1.165, 1.54) is 36.8 Å². The van der Waals surface area contributed by atoms with Crippen LogP contribution in [0, 0.1) is 5.82 Å². The number of nitrogens with one attached hydrogen (secondary N) is 1. The monoisotopic (exact) mass is 408 g/mol. The topological polar surface area (TPSA) is 40.6 Å². The summed E-state index contributed by atoms with van der Waals surface area (Å²) < 4.78 is 12.8. The molecule has 3 aromatic rings. The third-order valence-electron chi connectivity index (χ3n) is 5.37. The number of hydrogen-bond donors (Lipinski definition) is 1. The molecule has 0 atom stereocenters. The van der Waals surface area contributed by atoms with E-state index in [-0.39, 0.29) is 5.82 Å². The van der Waals surface area contributed by atoms with Crippen molar-refractivity contribution in [3.05, 3.63) is 66.5 Å². The average Bonchev–Trinajstić information content (AvgIpc) is 2.80. The molecule has 6 heteroatoms. The van der Waals surface area contributed by atoms with Crippen LogP contribution in [0.4, 0.5) is 10.2 Å². The number of para-hydroxylation sites is 1. The first kappa shape index (κ1) is 20.6. The van der Waals surface area contributed by atoms with Crippen LogP contribution in [0.3, 0.4) is 0 Å². The lowest BCUT2D eigenvalue weighted by molar-refractivity contribution is -0.0666. The van der Waals surface area contributed by atoms with E-state index in [2.05, 4.69) is 46.6 Å². The van der Waals surface area contributed by atoms with E-state index in [1.807, 2.05) is 5.06 Å². The number of nitrogens with zero attached hydrogens (tertiary/aromatic N) is 3. The molecule has 0 aliphatic carbocycles. The van der Waals surface area contributed by atoms with E-state index >= 15 is 0 Å². The van der Waals surface area contributed by atoms with Gasteiger partial charge in [0.05, 0.1) is 5.52 Å². The molecule has 2 aliphatic heterocycles. The van der Waals surface area contributed by atoms with Gasteiger partial charge in [-0.15, -0.1) is 5.06 Å². The van der Waals surface area contributed by atoms with E-state index in [9.17, 15) is 4.39 Å². The lowest BCUT2D eigenvalue weighted by Gasteiger charge is -2.27. The van der Waals surface area contributed by atoms with Gasteiger partial charge >= 0.3 is 0 Å². The molecule has 2 aliphatic rings. The number of hydrogen-bond acceptors (Lipinski definition) is 5. The quantitative estimate of drug-likeness (QED) is 0.702. The van der Waals surface area contributed by atoms with Gasteiger partial charge in [-0.25, -0.2) is 9.37 Å². The van der Waals surface area contributed by atoms with Crippen molar-refractivity contribution < 1.29 is 9.23 Å². The predicted molar refractivity (Wildman–Crippen MR) is 119 cm³/mol. The molecule has 30 heavy (non-hydrogen) atoms. The molecule has 2 saturated heterocycles. The summed E-state index contributed by atoms with van der Waals surface area (Å²) in [7, 11) is 0. The van der Waals surface area contributed by atoms with Crippen LogP contribution in [0.15, 0.2) is 60.7 Å². The van der Waals surface area contributed by atoms with Crippen LogP contribution < -0.4 is 15.1 Å². The summed E-state index contributed by atoms with van der Waals surface area (Å²) in [6.07, 6.45) is 3.97. The first-order chi connectivity index (χ1) is 14.8. The van der Waals surface area contributed by atoms with Crippen molar-refractivity contribution >= 4 is 16.7 Å². The number of aromatic nitrogens is 1. The van der Waals surface area contributed by atoms with Crippen LogP contribution in [0.2, 0.25) is 0 Å². The van der Waals surface area contributed by atoms with Crippen LogP contribution >= 0.6 is 0 Å². The predicted octanol–water partition coefficient (Wildman–Crippen LogP) is 4.25. The van der Waals surface area contributed by atoms with Crippen molar-refractivity contribution in [1.82, 2.24) is 15.4 Å². The maximum Gasteiger partial charge on any atom is 0.150 e. The van der Waals surface area contributed by atoms with Crippen molar-refractivity contribution in [3.63, 3.8) is 0 Å². The standard InChI is InChI=1S/C14H16N2.C10H13FN2O/c1-4-10-16(11-5-1)14-9-8-12-6-2-3-7-13(12)15-14;11-9-2-1-3-10(8-9)14-13-6-4-12-5-7-13/h2-3,6-9H,1,4-5,10-11H2;1-3,8,12H,4-7H2. The van der Waals surface area contributed by atoms with Gasteiger partial charge < -0.3 is 15.1 Å². The molecule has 1 N–H and O–H groups in total. The number of piperidine rings is 1. The summed E-state index contributed by atoms with van der Waals surface area (Å²) in [4.78, 5) is 12.6. The van der Waals surface area contributed by atoms with Crippen molar-refractivity contribution in [2.45, 2.75) is 19.3 Å². The first-order valence-corrected chi connectivity index (χ1v) is 10.8. The van der Waals surface area contributed by atoms with Gasteiger partial charge in [-0.05, 0) is 49.6 Å². The van der Waals surface area contributed by atoms with Gasteiger partial charge in [0.2, 0.25) is 0 Å². The molecule has 3 heterocycles. The summed E-state index contributed by atoms with van der Waals surface area (Å²) in [5, 5.41) is 6.28. The molecule has 0 spiro atoms. The van der Waals surface area contributed by atoms with Gasteiger partial charge in [0.25, 0.3) is 0 Å². The van der Waals surface area contributed by atoms with Crippen molar-refractivity contribution in [3.8, 4) is 5.75 Å². The minimum Gasteiger partial charge on any atom is -0.406 e. The van der Waals surface area contributed by atoms with Crippen LogP contribution in [0.1, 0.15) is 19.3 Å². The van der Waals surface area contributed by atoms with Crippen molar-refractivity contribution in [1.29, 1.82) is 0 Å². The summed E-state index contributed by atoms with van der Waals surface area (Å²) in [5.41, 5.74) is 1.10.